The third kappa shape index (κ3) is 19.0. The molecule has 0 spiro atoms. The summed E-state index contributed by atoms with van der Waals surface area (Å²) in [4.78, 5) is 42.4. The maximum absolute atomic E-state index is 10.8. The highest BCUT2D eigenvalue weighted by molar-refractivity contribution is 14.1. The highest BCUT2D eigenvalue weighted by atomic mass is 127. The Morgan fingerprint density at radius 2 is 1.24 bits per heavy atom. The van der Waals surface area contributed by atoms with Crippen LogP contribution in [0.1, 0.15) is 6.92 Å². The van der Waals surface area contributed by atoms with Crippen LogP contribution in [-0.2, 0) is 38.1 Å². The second-order valence-corrected chi connectivity index (χ2v) is 5.52. The molecule has 0 radical (unpaired) electrons. The van der Waals surface area contributed by atoms with Crippen molar-refractivity contribution in [2.24, 2.45) is 0 Å². The van der Waals surface area contributed by atoms with Crippen LogP contribution in [0.25, 0.3) is 0 Å². The van der Waals surface area contributed by atoms with E-state index in [2.05, 4.69) is 32.1 Å². The summed E-state index contributed by atoms with van der Waals surface area (Å²) in [6.07, 6.45) is 1.06. The van der Waals surface area contributed by atoms with Gasteiger partial charge < -0.3 is 18.9 Å². The minimum absolute atomic E-state index is 0.0766. The van der Waals surface area contributed by atoms with E-state index >= 15 is 0 Å². The first-order valence-electron chi connectivity index (χ1n) is 6.83. The number of alkyl halides is 2. The molecule has 0 unspecified atom stereocenters. The van der Waals surface area contributed by atoms with Crippen LogP contribution in [0, 0.1) is 0 Å². The molecule has 0 amide bonds. The van der Waals surface area contributed by atoms with Crippen LogP contribution < -0.4 is 0 Å². The van der Waals surface area contributed by atoms with E-state index in [0.29, 0.717) is 14.4 Å². The Balaban J connectivity index is 0. The average molecular weight is 582 g/mol. The van der Waals surface area contributed by atoms with Crippen LogP contribution in [0.2, 0.25) is 0 Å². The monoisotopic (exact) mass is 582 g/mol. The van der Waals surface area contributed by atoms with Crippen molar-refractivity contribution in [1.82, 2.24) is 0 Å². The number of carbonyl (C=O) groups is 4. The fourth-order valence-corrected chi connectivity index (χ4v) is 1.29. The molecule has 0 heterocycles. The first kappa shape index (κ1) is 26.1. The molecule has 0 bridgehead atoms. The summed E-state index contributed by atoms with van der Waals surface area (Å²) in [7, 11) is 0. The molecule has 0 rings (SSSR count). The van der Waals surface area contributed by atoms with E-state index in [4.69, 9.17) is 0 Å². The van der Waals surface area contributed by atoms with Gasteiger partial charge in [0.25, 0.3) is 0 Å². The van der Waals surface area contributed by atoms with E-state index in [-0.39, 0.29) is 38.4 Å². The second kappa shape index (κ2) is 17.6. The Morgan fingerprint density at radius 1 is 0.840 bits per heavy atom. The standard InChI is InChI=1S/C8H11IO4.C7H9IO4/c1-6(2)8(11)13-4-3-12-7(10)5-9;1-2-6(9)11-3-4-12-7(10)5-8/h1,3-5H2,2H3;2H,1,3-5H2. The number of hydrogen-bond acceptors (Lipinski definition) is 8. The van der Waals surface area contributed by atoms with Crippen LogP contribution in [-0.4, -0.2) is 59.2 Å². The molecule has 0 aliphatic rings. The van der Waals surface area contributed by atoms with Crippen molar-refractivity contribution in [3.63, 3.8) is 0 Å². The Morgan fingerprint density at radius 3 is 1.60 bits per heavy atom. The first-order chi connectivity index (χ1) is 11.8. The number of rotatable bonds is 10. The van der Waals surface area contributed by atoms with Crippen LogP contribution in [0.15, 0.2) is 24.8 Å². The summed E-state index contributed by atoms with van der Waals surface area (Å²) >= 11 is 3.78. The number of esters is 4. The second-order valence-electron chi connectivity index (χ2n) is 4.00. The minimum Gasteiger partial charge on any atom is -0.461 e. The molecule has 8 nitrogen and oxygen atoms in total. The topological polar surface area (TPSA) is 105 Å². The molecule has 0 aliphatic heterocycles. The zero-order valence-corrected chi connectivity index (χ0v) is 18.1. The molecule has 25 heavy (non-hydrogen) atoms. The van der Waals surface area contributed by atoms with E-state index in [9.17, 15) is 19.2 Å². The van der Waals surface area contributed by atoms with E-state index in [1.165, 1.54) is 0 Å². The minimum atomic E-state index is -0.513. The number of carbonyl (C=O) groups excluding carboxylic acids is 4. The average Bonchev–Trinajstić information content (AvgIpc) is 2.61. The normalized spacial score (nSPS) is 8.92. The molecule has 0 fully saturated rings. The largest absolute Gasteiger partial charge is 0.461 e. The molecule has 0 saturated heterocycles. The van der Waals surface area contributed by atoms with Gasteiger partial charge in [-0.2, -0.15) is 0 Å². The summed E-state index contributed by atoms with van der Waals surface area (Å²) in [5.41, 5.74) is 0.334. The van der Waals surface area contributed by atoms with Gasteiger partial charge in [-0.05, 0) is 6.92 Å². The quantitative estimate of drug-likeness (QED) is 0.0960. The Labute approximate surface area is 173 Å². The lowest BCUT2D eigenvalue weighted by Crippen LogP contribution is -2.14. The molecule has 0 aromatic heterocycles. The van der Waals surface area contributed by atoms with E-state index in [0.717, 1.165) is 6.08 Å². The molecule has 0 aliphatic carbocycles. The number of hydrogen-bond donors (Lipinski definition) is 0. The SMILES string of the molecule is C=C(C)C(=O)OCCOC(=O)CI.C=CC(=O)OCCOC(=O)CI. The van der Waals surface area contributed by atoms with Crippen molar-refractivity contribution in [2.75, 3.05) is 35.3 Å². The fraction of sp³-hybridized carbons (Fsp3) is 0.467. The summed E-state index contributed by atoms with van der Waals surface area (Å²) in [6, 6.07) is 0. The lowest BCUT2D eigenvalue weighted by molar-refractivity contribution is -0.147. The van der Waals surface area contributed by atoms with Crippen molar-refractivity contribution in [3.8, 4) is 0 Å². The van der Waals surface area contributed by atoms with Crippen LogP contribution >= 0.6 is 45.2 Å². The van der Waals surface area contributed by atoms with Crippen LogP contribution in [0.3, 0.4) is 0 Å². The van der Waals surface area contributed by atoms with Gasteiger partial charge >= 0.3 is 23.9 Å². The molecule has 0 aromatic rings. The van der Waals surface area contributed by atoms with Gasteiger partial charge in [0.05, 0.1) is 8.86 Å². The highest BCUT2D eigenvalue weighted by Crippen LogP contribution is 1.92. The predicted molar refractivity (Wildman–Crippen MR) is 107 cm³/mol. The lowest BCUT2D eigenvalue weighted by Gasteiger charge is -2.04. The molecule has 0 N–H and O–H groups in total. The highest BCUT2D eigenvalue weighted by Gasteiger charge is 2.03. The molecular weight excluding hydrogens is 562 g/mol. The third-order valence-corrected chi connectivity index (χ3v) is 3.15. The predicted octanol–water partition coefficient (Wildman–Crippen LogP) is 1.78. The Hall–Kier alpha value is -1.18. The molecule has 0 saturated carbocycles. The Bertz CT molecular complexity index is 476. The molecule has 0 aromatic carbocycles. The zero-order valence-electron chi connectivity index (χ0n) is 13.8. The van der Waals surface area contributed by atoms with E-state index in [1.807, 2.05) is 45.2 Å². The van der Waals surface area contributed by atoms with E-state index in [1.54, 1.807) is 6.92 Å². The summed E-state index contributed by atoms with van der Waals surface area (Å²) in [6.45, 7) is 8.51. The lowest BCUT2D eigenvalue weighted by atomic mass is 10.4. The van der Waals surface area contributed by atoms with Crippen molar-refractivity contribution in [1.29, 1.82) is 0 Å². The van der Waals surface area contributed by atoms with Gasteiger partial charge in [-0.3, -0.25) is 9.59 Å². The molecule has 10 heteroatoms. The van der Waals surface area contributed by atoms with Crippen molar-refractivity contribution in [3.05, 3.63) is 24.8 Å². The van der Waals surface area contributed by atoms with Gasteiger partial charge in [-0.1, -0.05) is 58.3 Å². The fourth-order valence-electron chi connectivity index (χ4n) is 0.847. The van der Waals surface area contributed by atoms with Crippen molar-refractivity contribution >= 4 is 69.1 Å². The van der Waals surface area contributed by atoms with Crippen molar-refractivity contribution in [2.45, 2.75) is 6.92 Å². The number of halogens is 2. The van der Waals surface area contributed by atoms with Gasteiger partial charge in [0.2, 0.25) is 0 Å². The summed E-state index contributed by atoms with van der Waals surface area (Å²) in [5.74, 6) is -1.61. The van der Waals surface area contributed by atoms with Gasteiger partial charge in [0, 0.05) is 11.6 Å². The molecule has 142 valence electrons. The third-order valence-electron chi connectivity index (χ3n) is 1.90. The van der Waals surface area contributed by atoms with Crippen LogP contribution in [0.4, 0.5) is 0 Å². The molecular formula is C15H20I2O8. The van der Waals surface area contributed by atoms with Crippen LogP contribution in [0.5, 0.6) is 0 Å². The first-order valence-corrected chi connectivity index (χ1v) is 9.88. The summed E-state index contributed by atoms with van der Waals surface area (Å²) < 4.78 is 19.1. The molecule has 0 atom stereocenters. The van der Waals surface area contributed by atoms with Gasteiger partial charge in [-0.15, -0.1) is 0 Å². The maximum atomic E-state index is 10.8. The number of ether oxygens (including phenoxy) is 4. The van der Waals surface area contributed by atoms with Gasteiger partial charge in [-0.25, -0.2) is 9.59 Å². The van der Waals surface area contributed by atoms with E-state index < -0.39 is 11.9 Å². The summed E-state index contributed by atoms with van der Waals surface area (Å²) in [5, 5.41) is 0. The zero-order chi connectivity index (χ0) is 19.7. The van der Waals surface area contributed by atoms with Gasteiger partial charge in [0.1, 0.15) is 26.4 Å². The van der Waals surface area contributed by atoms with Crippen molar-refractivity contribution < 1.29 is 38.1 Å². The smallest absolute Gasteiger partial charge is 0.333 e. The Kier molecular flexibility index (Phi) is 18.4. The van der Waals surface area contributed by atoms with Gasteiger partial charge in [0.15, 0.2) is 0 Å². The maximum Gasteiger partial charge on any atom is 0.333 e.